The van der Waals surface area contributed by atoms with Crippen LogP contribution in [0.15, 0.2) is 0 Å². The zero-order valence-electron chi connectivity index (χ0n) is 15.8. The SMILES string of the molecule is CCCCC[C@H](O[Si](C(C)C)(C(C)C)C(C)C)[C@@H]1O[C@H]1CO. The van der Waals surface area contributed by atoms with Crippen molar-refractivity contribution in [2.75, 3.05) is 6.61 Å². The lowest BCUT2D eigenvalue weighted by Gasteiger charge is -2.44. The van der Waals surface area contributed by atoms with Crippen LogP contribution in [0.25, 0.3) is 0 Å². The minimum atomic E-state index is -1.88. The maximum atomic E-state index is 9.35. The summed E-state index contributed by atoms with van der Waals surface area (Å²) in [6.45, 7) is 16.3. The predicted octanol–water partition coefficient (Wildman–Crippen LogP) is 4.89. The van der Waals surface area contributed by atoms with E-state index in [4.69, 9.17) is 9.16 Å². The molecule has 22 heavy (non-hydrogen) atoms. The number of aliphatic hydroxyl groups excluding tert-OH is 1. The van der Waals surface area contributed by atoms with Crippen molar-refractivity contribution in [3.05, 3.63) is 0 Å². The van der Waals surface area contributed by atoms with Gasteiger partial charge in [0.1, 0.15) is 12.2 Å². The minimum Gasteiger partial charge on any atom is -0.410 e. The van der Waals surface area contributed by atoms with Gasteiger partial charge in [0, 0.05) is 0 Å². The summed E-state index contributed by atoms with van der Waals surface area (Å²) in [7, 11) is -1.88. The van der Waals surface area contributed by atoms with Gasteiger partial charge in [0.2, 0.25) is 8.32 Å². The second-order valence-electron chi connectivity index (χ2n) is 7.79. The zero-order valence-corrected chi connectivity index (χ0v) is 16.8. The molecule has 0 aromatic carbocycles. The lowest BCUT2D eigenvalue weighted by atomic mass is 10.1. The highest BCUT2D eigenvalue weighted by Crippen LogP contribution is 2.45. The molecule has 1 fully saturated rings. The molecule has 1 saturated heterocycles. The van der Waals surface area contributed by atoms with E-state index in [0.29, 0.717) is 16.6 Å². The van der Waals surface area contributed by atoms with Gasteiger partial charge in [-0.05, 0) is 23.0 Å². The molecule has 4 heteroatoms. The van der Waals surface area contributed by atoms with E-state index in [9.17, 15) is 5.11 Å². The average Bonchev–Trinajstić information content (AvgIpc) is 3.21. The van der Waals surface area contributed by atoms with Crippen molar-refractivity contribution in [2.45, 2.75) is 109 Å². The summed E-state index contributed by atoms with van der Waals surface area (Å²) in [6.07, 6.45) is 5.02. The highest BCUT2D eigenvalue weighted by Gasteiger charge is 2.52. The lowest BCUT2D eigenvalue weighted by Crippen LogP contribution is -2.51. The van der Waals surface area contributed by atoms with E-state index in [1.807, 2.05) is 0 Å². The first kappa shape index (κ1) is 20.1. The predicted molar refractivity (Wildman–Crippen MR) is 95.8 cm³/mol. The molecule has 132 valence electrons. The van der Waals surface area contributed by atoms with Gasteiger partial charge >= 0.3 is 0 Å². The molecule has 1 aliphatic heterocycles. The molecule has 3 atom stereocenters. The third-order valence-electron chi connectivity index (χ3n) is 5.32. The Kier molecular flexibility index (Phi) is 8.07. The molecule has 0 aromatic heterocycles. The first-order valence-corrected chi connectivity index (χ1v) is 11.4. The smallest absolute Gasteiger partial charge is 0.200 e. The van der Waals surface area contributed by atoms with Crippen molar-refractivity contribution < 1.29 is 14.3 Å². The molecule has 1 N–H and O–H groups in total. The van der Waals surface area contributed by atoms with Crippen molar-refractivity contribution in [3.63, 3.8) is 0 Å². The van der Waals surface area contributed by atoms with Gasteiger partial charge in [-0.1, -0.05) is 67.7 Å². The molecule has 0 bridgehead atoms. The summed E-state index contributed by atoms with van der Waals surface area (Å²) in [5.41, 5.74) is 1.77. The molecule has 1 heterocycles. The Morgan fingerprint density at radius 3 is 1.91 bits per heavy atom. The highest BCUT2D eigenvalue weighted by molar-refractivity contribution is 6.77. The van der Waals surface area contributed by atoms with E-state index < -0.39 is 8.32 Å². The summed E-state index contributed by atoms with van der Waals surface area (Å²) in [5.74, 6) is 0. The van der Waals surface area contributed by atoms with Gasteiger partial charge in [-0.25, -0.2) is 0 Å². The Labute approximate surface area is 138 Å². The van der Waals surface area contributed by atoms with Gasteiger partial charge in [-0.3, -0.25) is 0 Å². The minimum absolute atomic E-state index is 0.00446. The van der Waals surface area contributed by atoms with Gasteiger partial charge in [-0.2, -0.15) is 0 Å². The van der Waals surface area contributed by atoms with Crippen LogP contribution in [0.5, 0.6) is 0 Å². The van der Waals surface area contributed by atoms with E-state index in [1.54, 1.807) is 0 Å². The van der Waals surface area contributed by atoms with E-state index in [2.05, 4.69) is 48.5 Å². The monoisotopic (exact) mass is 330 g/mol. The normalized spacial score (nSPS) is 23.6. The Morgan fingerprint density at radius 1 is 1.00 bits per heavy atom. The molecule has 0 spiro atoms. The Bertz CT molecular complexity index is 296. The third-order valence-corrected chi connectivity index (χ3v) is 11.4. The van der Waals surface area contributed by atoms with Crippen LogP contribution in [-0.4, -0.2) is 38.3 Å². The number of rotatable bonds is 11. The van der Waals surface area contributed by atoms with Crippen LogP contribution in [0.3, 0.4) is 0 Å². The molecule has 1 rings (SSSR count). The van der Waals surface area contributed by atoms with Gasteiger partial charge in [0.15, 0.2) is 0 Å². The van der Waals surface area contributed by atoms with Crippen LogP contribution >= 0.6 is 0 Å². The number of ether oxygens (including phenoxy) is 1. The topological polar surface area (TPSA) is 42.0 Å². The summed E-state index contributed by atoms with van der Waals surface area (Å²) >= 11 is 0. The summed E-state index contributed by atoms with van der Waals surface area (Å²) in [6, 6.07) is 0. The maximum absolute atomic E-state index is 9.35. The average molecular weight is 331 g/mol. The van der Waals surface area contributed by atoms with Gasteiger partial charge in [-0.15, -0.1) is 0 Å². The fourth-order valence-corrected chi connectivity index (χ4v) is 9.78. The number of aliphatic hydroxyl groups is 1. The highest BCUT2D eigenvalue weighted by atomic mass is 28.4. The molecular formula is C18H38O3Si. The molecule has 0 radical (unpaired) electrons. The largest absolute Gasteiger partial charge is 0.410 e. The second-order valence-corrected chi connectivity index (χ2v) is 13.2. The first-order chi connectivity index (χ1) is 10.3. The molecule has 0 unspecified atom stereocenters. The second kappa shape index (κ2) is 8.81. The first-order valence-electron chi connectivity index (χ1n) is 9.25. The summed E-state index contributed by atoms with van der Waals surface area (Å²) < 4.78 is 12.6. The van der Waals surface area contributed by atoms with Crippen LogP contribution in [0, 0.1) is 0 Å². The van der Waals surface area contributed by atoms with E-state index >= 15 is 0 Å². The molecule has 0 aliphatic carbocycles. The zero-order chi connectivity index (χ0) is 16.9. The van der Waals surface area contributed by atoms with Crippen LogP contribution in [0.1, 0.15) is 74.1 Å². The number of unbranched alkanes of at least 4 members (excludes halogenated alkanes) is 2. The molecular weight excluding hydrogens is 292 g/mol. The van der Waals surface area contributed by atoms with Gasteiger partial charge in [0.05, 0.1) is 12.7 Å². The fourth-order valence-electron chi connectivity index (χ4n) is 4.19. The lowest BCUT2D eigenvalue weighted by molar-refractivity contribution is 0.126. The van der Waals surface area contributed by atoms with E-state index in [1.165, 1.54) is 19.3 Å². The Hall–Kier alpha value is 0.0969. The van der Waals surface area contributed by atoms with E-state index in [0.717, 1.165) is 6.42 Å². The third kappa shape index (κ3) is 4.56. The summed E-state index contributed by atoms with van der Waals surface area (Å²) in [5, 5.41) is 9.35. The van der Waals surface area contributed by atoms with Crippen LogP contribution in [0.4, 0.5) is 0 Å². The Balaban J connectivity index is 2.87. The Morgan fingerprint density at radius 2 is 1.55 bits per heavy atom. The molecule has 0 amide bonds. The fraction of sp³-hybridized carbons (Fsp3) is 1.00. The van der Waals surface area contributed by atoms with Crippen LogP contribution in [0.2, 0.25) is 16.6 Å². The van der Waals surface area contributed by atoms with Crippen molar-refractivity contribution in [2.24, 2.45) is 0 Å². The maximum Gasteiger partial charge on any atom is 0.200 e. The van der Waals surface area contributed by atoms with Crippen molar-refractivity contribution >= 4 is 8.32 Å². The molecule has 1 aliphatic rings. The van der Waals surface area contributed by atoms with Crippen molar-refractivity contribution in [1.82, 2.24) is 0 Å². The summed E-state index contributed by atoms with van der Waals surface area (Å²) in [4.78, 5) is 0. The van der Waals surface area contributed by atoms with Gasteiger partial charge < -0.3 is 14.3 Å². The quantitative estimate of drug-likeness (QED) is 0.333. The standard InChI is InChI=1S/C18H38O3Si/c1-8-9-10-11-16(18-17(12-19)20-18)21-22(13(2)3,14(4)5)15(6)7/h13-19H,8-12H2,1-7H3/t16-,17-,18-/m0/s1. The number of hydrogen-bond donors (Lipinski definition) is 1. The van der Waals surface area contributed by atoms with Crippen molar-refractivity contribution in [1.29, 1.82) is 0 Å². The molecule has 0 saturated carbocycles. The van der Waals surface area contributed by atoms with Crippen LogP contribution in [-0.2, 0) is 9.16 Å². The number of hydrogen-bond acceptors (Lipinski definition) is 3. The molecule has 3 nitrogen and oxygen atoms in total. The van der Waals surface area contributed by atoms with Gasteiger partial charge in [0.25, 0.3) is 0 Å². The molecule has 0 aromatic rings. The van der Waals surface area contributed by atoms with Crippen molar-refractivity contribution in [3.8, 4) is 0 Å². The van der Waals surface area contributed by atoms with E-state index in [-0.39, 0.29) is 24.9 Å². The number of epoxide rings is 1. The van der Waals surface area contributed by atoms with Crippen LogP contribution < -0.4 is 0 Å².